The van der Waals surface area contributed by atoms with Gasteiger partial charge in [0.2, 0.25) is 0 Å². The third kappa shape index (κ3) is 4.83. The highest BCUT2D eigenvalue weighted by molar-refractivity contribution is 6.32. The molecule has 0 atom stereocenters. The molecular formula is C21H26ClN5O3. The summed E-state index contributed by atoms with van der Waals surface area (Å²) in [5.74, 6) is 0.390. The van der Waals surface area contributed by atoms with Crippen molar-refractivity contribution in [3.8, 4) is 5.75 Å². The molecule has 0 spiro atoms. The van der Waals surface area contributed by atoms with Crippen LogP contribution < -0.4 is 15.4 Å². The molecule has 2 aromatic heterocycles. The number of aryl methyl sites for hydroxylation is 1. The molecular weight excluding hydrogens is 406 g/mol. The highest BCUT2D eigenvalue weighted by Crippen LogP contribution is 2.28. The van der Waals surface area contributed by atoms with Crippen LogP contribution in [0.5, 0.6) is 5.75 Å². The standard InChI is InChI=1S/C21H26ClN5O3/c1-3-27-20-15(13-26-27)19(16(12-25-20)21(29)23-8-4-5-9-28)24-11-14-6-7-18(30-2)17(22)10-14/h6-7,10,12-13,28H,3-5,8-9,11H2,1-2H3,(H,23,29)(H,24,25). The summed E-state index contributed by atoms with van der Waals surface area (Å²) < 4.78 is 6.99. The number of pyridine rings is 1. The number of nitrogens with one attached hydrogen (secondary N) is 2. The van der Waals surface area contributed by atoms with Crippen LogP contribution in [0.4, 0.5) is 5.69 Å². The van der Waals surface area contributed by atoms with Crippen molar-refractivity contribution in [1.82, 2.24) is 20.1 Å². The van der Waals surface area contributed by atoms with Gasteiger partial charge in [-0.25, -0.2) is 9.67 Å². The van der Waals surface area contributed by atoms with Crippen LogP contribution in [0.25, 0.3) is 11.0 Å². The van der Waals surface area contributed by atoms with Crippen molar-refractivity contribution in [2.24, 2.45) is 0 Å². The van der Waals surface area contributed by atoms with E-state index in [1.165, 1.54) is 0 Å². The molecule has 0 aliphatic carbocycles. The summed E-state index contributed by atoms with van der Waals surface area (Å²) >= 11 is 6.24. The first-order chi connectivity index (χ1) is 14.6. The third-order valence-corrected chi connectivity index (χ3v) is 5.06. The van der Waals surface area contributed by atoms with Gasteiger partial charge in [-0.3, -0.25) is 4.79 Å². The number of fused-ring (bicyclic) bond motifs is 1. The number of halogens is 1. The maximum Gasteiger partial charge on any atom is 0.254 e. The number of unbranched alkanes of at least 4 members (excludes halogenated alkanes) is 1. The van der Waals surface area contributed by atoms with Gasteiger partial charge < -0.3 is 20.5 Å². The van der Waals surface area contributed by atoms with E-state index in [0.29, 0.717) is 60.1 Å². The van der Waals surface area contributed by atoms with Crippen molar-refractivity contribution in [1.29, 1.82) is 0 Å². The number of carbonyl (C=O) groups excluding carboxylic acids is 1. The Morgan fingerprint density at radius 3 is 2.83 bits per heavy atom. The molecule has 0 bridgehead atoms. The average Bonchev–Trinajstić information content (AvgIpc) is 3.18. The summed E-state index contributed by atoms with van der Waals surface area (Å²) in [6.45, 7) is 3.72. The maximum atomic E-state index is 12.8. The van der Waals surface area contributed by atoms with Gasteiger partial charge in [-0.15, -0.1) is 0 Å². The molecule has 0 unspecified atom stereocenters. The molecule has 3 rings (SSSR count). The summed E-state index contributed by atoms with van der Waals surface area (Å²) in [6, 6.07) is 5.56. The predicted octanol–water partition coefficient (Wildman–Crippen LogP) is 3.23. The van der Waals surface area contributed by atoms with Gasteiger partial charge in [0.25, 0.3) is 5.91 Å². The zero-order valence-electron chi connectivity index (χ0n) is 17.1. The molecule has 30 heavy (non-hydrogen) atoms. The quantitative estimate of drug-likeness (QED) is 0.426. The van der Waals surface area contributed by atoms with Crippen LogP contribution in [0.2, 0.25) is 5.02 Å². The van der Waals surface area contributed by atoms with Crippen LogP contribution in [0.3, 0.4) is 0 Å². The molecule has 1 aromatic carbocycles. The van der Waals surface area contributed by atoms with Gasteiger partial charge in [0.15, 0.2) is 5.65 Å². The van der Waals surface area contributed by atoms with E-state index in [4.69, 9.17) is 21.4 Å². The molecule has 0 aliphatic heterocycles. The number of aromatic nitrogens is 3. The topological polar surface area (TPSA) is 101 Å². The van der Waals surface area contributed by atoms with Crippen molar-refractivity contribution < 1.29 is 14.6 Å². The molecule has 3 aromatic rings. The van der Waals surface area contributed by atoms with Gasteiger partial charge >= 0.3 is 0 Å². The van der Waals surface area contributed by atoms with E-state index in [1.807, 2.05) is 25.1 Å². The molecule has 3 N–H and O–H groups in total. The summed E-state index contributed by atoms with van der Waals surface area (Å²) in [5.41, 5.74) is 2.78. The highest BCUT2D eigenvalue weighted by atomic mass is 35.5. The SMILES string of the molecule is CCn1ncc2c(NCc3ccc(OC)c(Cl)c3)c(C(=O)NCCCCO)cnc21. The van der Waals surface area contributed by atoms with Gasteiger partial charge in [-0.05, 0) is 37.5 Å². The van der Waals surface area contributed by atoms with Crippen LogP contribution in [0, 0.1) is 0 Å². The molecule has 0 saturated heterocycles. The van der Waals surface area contributed by atoms with Gasteiger partial charge in [0, 0.05) is 32.4 Å². The van der Waals surface area contributed by atoms with Crippen molar-refractivity contribution in [2.75, 3.05) is 25.6 Å². The van der Waals surface area contributed by atoms with Crippen molar-refractivity contribution in [3.05, 3.63) is 46.7 Å². The average molecular weight is 432 g/mol. The zero-order valence-corrected chi connectivity index (χ0v) is 17.9. The summed E-state index contributed by atoms with van der Waals surface area (Å²) in [5, 5.41) is 20.8. The summed E-state index contributed by atoms with van der Waals surface area (Å²) in [6.07, 6.45) is 4.64. The minimum atomic E-state index is -0.221. The second-order valence-electron chi connectivity index (χ2n) is 6.75. The Hall–Kier alpha value is -2.84. The Morgan fingerprint density at radius 1 is 1.30 bits per heavy atom. The summed E-state index contributed by atoms with van der Waals surface area (Å²) in [7, 11) is 1.57. The first-order valence-electron chi connectivity index (χ1n) is 9.88. The third-order valence-electron chi connectivity index (χ3n) is 4.77. The number of carbonyl (C=O) groups is 1. The van der Waals surface area contributed by atoms with E-state index < -0.39 is 0 Å². The number of aliphatic hydroxyl groups excluding tert-OH is 1. The number of nitrogens with zero attached hydrogens (tertiary/aromatic N) is 3. The zero-order chi connectivity index (χ0) is 21.5. The molecule has 0 saturated carbocycles. The van der Waals surface area contributed by atoms with Crippen LogP contribution >= 0.6 is 11.6 Å². The van der Waals surface area contributed by atoms with Crippen LogP contribution in [0.15, 0.2) is 30.6 Å². The van der Waals surface area contributed by atoms with Crippen LogP contribution in [-0.2, 0) is 13.1 Å². The van der Waals surface area contributed by atoms with E-state index in [0.717, 1.165) is 10.9 Å². The van der Waals surface area contributed by atoms with Gasteiger partial charge in [0.05, 0.1) is 35.0 Å². The minimum Gasteiger partial charge on any atom is -0.495 e. The molecule has 2 heterocycles. The molecule has 0 radical (unpaired) electrons. The van der Waals surface area contributed by atoms with Crippen LogP contribution in [0.1, 0.15) is 35.7 Å². The first-order valence-corrected chi connectivity index (χ1v) is 10.3. The summed E-state index contributed by atoms with van der Waals surface area (Å²) in [4.78, 5) is 17.2. The molecule has 0 fully saturated rings. The van der Waals surface area contributed by atoms with Gasteiger partial charge in [0.1, 0.15) is 5.75 Å². The molecule has 1 amide bonds. The molecule has 8 nitrogen and oxygen atoms in total. The molecule has 0 aliphatic rings. The lowest BCUT2D eigenvalue weighted by molar-refractivity contribution is 0.0952. The Kier molecular flexibility index (Phi) is 7.48. The molecule has 160 valence electrons. The smallest absolute Gasteiger partial charge is 0.254 e. The number of rotatable bonds is 10. The highest BCUT2D eigenvalue weighted by Gasteiger charge is 2.18. The molecule has 9 heteroatoms. The fourth-order valence-electron chi connectivity index (χ4n) is 3.17. The number of methoxy groups -OCH3 is 1. The van der Waals surface area contributed by atoms with Crippen molar-refractivity contribution >= 4 is 34.2 Å². The van der Waals surface area contributed by atoms with Gasteiger partial charge in [-0.1, -0.05) is 17.7 Å². The lowest BCUT2D eigenvalue weighted by Crippen LogP contribution is -2.26. The normalized spacial score (nSPS) is 10.9. The van der Waals surface area contributed by atoms with Crippen LogP contribution in [-0.4, -0.2) is 46.0 Å². The Balaban J connectivity index is 1.88. The Morgan fingerprint density at radius 2 is 2.13 bits per heavy atom. The number of anilines is 1. The second kappa shape index (κ2) is 10.3. The van der Waals surface area contributed by atoms with E-state index in [-0.39, 0.29) is 12.5 Å². The predicted molar refractivity (Wildman–Crippen MR) is 117 cm³/mol. The number of benzene rings is 1. The van der Waals surface area contributed by atoms with Gasteiger partial charge in [-0.2, -0.15) is 5.10 Å². The number of amides is 1. The van der Waals surface area contributed by atoms with Crippen molar-refractivity contribution in [2.45, 2.75) is 32.9 Å². The monoisotopic (exact) mass is 431 g/mol. The minimum absolute atomic E-state index is 0.108. The number of aliphatic hydroxyl groups is 1. The van der Waals surface area contributed by atoms with Crippen molar-refractivity contribution in [3.63, 3.8) is 0 Å². The largest absolute Gasteiger partial charge is 0.495 e. The lowest BCUT2D eigenvalue weighted by Gasteiger charge is -2.14. The number of hydrogen-bond acceptors (Lipinski definition) is 6. The Labute approximate surface area is 180 Å². The Bertz CT molecular complexity index is 1020. The maximum absolute atomic E-state index is 12.8. The number of ether oxygens (including phenoxy) is 1. The van der Waals surface area contributed by atoms with E-state index >= 15 is 0 Å². The van der Waals surface area contributed by atoms with E-state index in [2.05, 4.69) is 20.7 Å². The first kappa shape index (κ1) is 21.9. The second-order valence-corrected chi connectivity index (χ2v) is 7.16. The fraction of sp³-hybridized carbons (Fsp3) is 0.381. The number of hydrogen-bond donors (Lipinski definition) is 3. The fourth-order valence-corrected chi connectivity index (χ4v) is 3.45. The van der Waals surface area contributed by atoms with E-state index in [1.54, 1.807) is 24.2 Å². The van der Waals surface area contributed by atoms with E-state index in [9.17, 15) is 4.79 Å². The lowest BCUT2D eigenvalue weighted by atomic mass is 10.1.